The third kappa shape index (κ3) is 5.90. The van der Waals surface area contributed by atoms with Crippen LogP contribution in [0, 0.1) is 0 Å². The summed E-state index contributed by atoms with van der Waals surface area (Å²) in [7, 11) is -2.39. The SMILES string of the molecule is CCOP(=O)(OCC)O/C(C)=C/C(=O)OC. The molecule has 0 aliphatic heterocycles. The molecule has 0 aromatic rings. The molecule has 0 aliphatic carbocycles. The van der Waals surface area contributed by atoms with Crippen molar-refractivity contribution in [3.63, 3.8) is 0 Å². The summed E-state index contributed by atoms with van der Waals surface area (Å²) in [4.78, 5) is 10.9. The number of ether oxygens (including phenoxy) is 1. The molecule has 0 fully saturated rings. The molecule has 0 aromatic carbocycles. The van der Waals surface area contributed by atoms with E-state index in [2.05, 4.69) is 4.74 Å². The number of esters is 1. The van der Waals surface area contributed by atoms with Gasteiger partial charge in [0.25, 0.3) is 0 Å². The Morgan fingerprint density at radius 1 is 1.25 bits per heavy atom. The summed E-state index contributed by atoms with van der Waals surface area (Å²) in [5, 5.41) is 0. The van der Waals surface area contributed by atoms with E-state index in [-0.39, 0.29) is 19.0 Å². The summed E-state index contributed by atoms with van der Waals surface area (Å²) in [5.74, 6) is -0.492. The van der Waals surface area contributed by atoms with Crippen LogP contribution < -0.4 is 0 Å². The van der Waals surface area contributed by atoms with Crippen LogP contribution in [0.15, 0.2) is 11.8 Å². The van der Waals surface area contributed by atoms with Crippen molar-refractivity contribution in [2.75, 3.05) is 20.3 Å². The first-order valence-electron chi connectivity index (χ1n) is 4.82. The van der Waals surface area contributed by atoms with Crippen molar-refractivity contribution in [2.45, 2.75) is 20.8 Å². The zero-order chi connectivity index (χ0) is 12.6. The number of methoxy groups -OCH3 is 1. The molecule has 0 rings (SSSR count). The minimum absolute atomic E-state index is 0.108. The van der Waals surface area contributed by atoms with E-state index in [1.807, 2.05) is 0 Å². The maximum Gasteiger partial charge on any atom is 0.529 e. The molecule has 0 heterocycles. The molecule has 0 radical (unpaired) electrons. The van der Waals surface area contributed by atoms with E-state index in [1.165, 1.54) is 14.0 Å². The second-order valence-electron chi connectivity index (χ2n) is 2.65. The van der Waals surface area contributed by atoms with E-state index >= 15 is 0 Å². The van der Waals surface area contributed by atoms with E-state index in [0.717, 1.165) is 6.08 Å². The number of phosphoric ester groups is 1. The molecule has 0 saturated heterocycles. The van der Waals surface area contributed by atoms with Crippen LogP contribution in [0.4, 0.5) is 0 Å². The van der Waals surface area contributed by atoms with Gasteiger partial charge in [-0.05, 0) is 20.8 Å². The average Bonchev–Trinajstić information content (AvgIpc) is 2.17. The Hall–Kier alpha value is -0.840. The Balaban J connectivity index is 4.57. The number of allylic oxidation sites excluding steroid dienone is 1. The highest BCUT2D eigenvalue weighted by molar-refractivity contribution is 7.48. The molecule has 0 unspecified atom stereocenters. The van der Waals surface area contributed by atoms with E-state index in [1.54, 1.807) is 13.8 Å². The Kier molecular flexibility index (Phi) is 7.05. The Morgan fingerprint density at radius 3 is 2.12 bits per heavy atom. The van der Waals surface area contributed by atoms with Gasteiger partial charge in [0.2, 0.25) is 0 Å². The molecule has 0 aliphatic rings. The number of hydrogen-bond acceptors (Lipinski definition) is 6. The van der Waals surface area contributed by atoms with Crippen molar-refractivity contribution >= 4 is 13.8 Å². The largest absolute Gasteiger partial charge is 0.529 e. The molecule has 0 saturated carbocycles. The molecule has 94 valence electrons. The van der Waals surface area contributed by atoms with Crippen LogP contribution in [-0.4, -0.2) is 26.3 Å². The van der Waals surface area contributed by atoms with Gasteiger partial charge in [-0.1, -0.05) is 0 Å². The second kappa shape index (κ2) is 7.44. The normalized spacial score (nSPS) is 12.4. The highest BCUT2D eigenvalue weighted by Gasteiger charge is 2.27. The molecule has 0 aromatic heterocycles. The van der Waals surface area contributed by atoms with Gasteiger partial charge in [-0.15, -0.1) is 0 Å². The summed E-state index contributed by atoms with van der Waals surface area (Å²) in [5.41, 5.74) is 0. The third-order valence-electron chi connectivity index (χ3n) is 1.35. The van der Waals surface area contributed by atoms with E-state index in [4.69, 9.17) is 13.6 Å². The van der Waals surface area contributed by atoms with Gasteiger partial charge in [0.1, 0.15) is 5.76 Å². The molecule has 16 heavy (non-hydrogen) atoms. The first-order valence-corrected chi connectivity index (χ1v) is 6.28. The van der Waals surface area contributed by atoms with Crippen molar-refractivity contribution in [2.24, 2.45) is 0 Å². The van der Waals surface area contributed by atoms with Crippen molar-refractivity contribution in [1.29, 1.82) is 0 Å². The molecule has 0 atom stereocenters. The number of hydrogen-bond donors (Lipinski definition) is 0. The minimum Gasteiger partial charge on any atom is -0.466 e. The zero-order valence-electron chi connectivity index (χ0n) is 9.89. The van der Waals surface area contributed by atoms with Crippen LogP contribution in [-0.2, 0) is 27.7 Å². The van der Waals surface area contributed by atoms with Gasteiger partial charge >= 0.3 is 13.8 Å². The van der Waals surface area contributed by atoms with Gasteiger partial charge in [-0.2, -0.15) is 0 Å². The van der Waals surface area contributed by atoms with Crippen molar-refractivity contribution in [1.82, 2.24) is 0 Å². The van der Waals surface area contributed by atoms with Crippen LogP contribution in [0.5, 0.6) is 0 Å². The van der Waals surface area contributed by atoms with Crippen LogP contribution in [0.1, 0.15) is 20.8 Å². The quantitative estimate of drug-likeness (QED) is 0.299. The summed E-state index contributed by atoms with van der Waals surface area (Å²) >= 11 is 0. The molecule has 7 heteroatoms. The zero-order valence-corrected chi connectivity index (χ0v) is 10.8. The Bertz CT molecular complexity index is 288. The minimum atomic E-state index is -3.62. The predicted octanol–water partition coefficient (Wildman–Crippen LogP) is 2.26. The fraction of sp³-hybridized carbons (Fsp3) is 0.667. The maximum absolute atomic E-state index is 11.8. The van der Waals surface area contributed by atoms with Crippen molar-refractivity contribution < 1.29 is 27.7 Å². The number of carbonyl (C=O) groups excluding carboxylic acids is 1. The topological polar surface area (TPSA) is 71.1 Å². The highest BCUT2D eigenvalue weighted by atomic mass is 31.2. The third-order valence-corrected chi connectivity index (χ3v) is 3.01. The fourth-order valence-corrected chi connectivity index (χ4v) is 2.05. The molecular weight excluding hydrogens is 235 g/mol. The number of phosphoric acid groups is 1. The Morgan fingerprint density at radius 2 is 1.75 bits per heavy atom. The Labute approximate surface area is 95.1 Å². The molecule has 0 amide bonds. The van der Waals surface area contributed by atoms with E-state index < -0.39 is 13.8 Å². The number of carbonyl (C=O) groups is 1. The lowest BCUT2D eigenvalue weighted by atomic mass is 10.5. The van der Waals surface area contributed by atoms with Crippen molar-refractivity contribution in [3.8, 4) is 0 Å². The van der Waals surface area contributed by atoms with Crippen LogP contribution in [0.3, 0.4) is 0 Å². The monoisotopic (exact) mass is 252 g/mol. The lowest BCUT2D eigenvalue weighted by Crippen LogP contribution is -2.01. The lowest BCUT2D eigenvalue weighted by Gasteiger charge is -2.16. The van der Waals surface area contributed by atoms with Crippen LogP contribution in [0.25, 0.3) is 0 Å². The van der Waals surface area contributed by atoms with E-state index in [0.29, 0.717) is 0 Å². The van der Waals surface area contributed by atoms with Gasteiger partial charge in [0.05, 0.1) is 26.4 Å². The molecule has 6 nitrogen and oxygen atoms in total. The van der Waals surface area contributed by atoms with Crippen molar-refractivity contribution in [3.05, 3.63) is 11.8 Å². The molecule has 0 N–H and O–H groups in total. The summed E-state index contributed by atoms with van der Waals surface area (Å²) in [6.07, 6.45) is 1.06. The molecule has 0 spiro atoms. The standard InChI is InChI=1S/C9H17O6P/c1-5-13-16(11,14-6-2)15-8(3)7-9(10)12-4/h7H,5-6H2,1-4H3/b8-7+. The first kappa shape index (κ1) is 15.2. The van der Waals surface area contributed by atoms with Crippen LogP contribution >= 0.6 is 7.82 Å². The first-order chi connectivity index (χ1) is 7.47. The molecule has 0 bridgehead atoms. The predicted molar refractivity (Wildman–Crippen MR) is 57.7 cm³/mol. The maximum atomic E-state index is 11.8. The smallest absolute Gasteiger partial charge is 0.466 e. The average molecular weight is 252 g/mol. The van der Waals surface area contributed by atoms with Gasteiger partial charge < -0.3 is 9.26 Å². The molecular formula is C9H17O6P. The van der Waals surface area contributed by atoms with Gasteiger partial charge in [0, 0.05) is 0 Å². The van der Waals surface area contributed by atoms with Crippen LogP contribution in [0.2, 0.25) is 0 Å². The van der Waals surface area contributed by atoms with Gasteiger partial charge in [-0.25, -0.2) is 9.36 Å². The highest BCUT2D eigenvalue weighted by Crippen LogP contribution is 2.50. The summed E-state index contributed by atoms with van der Waals surface area (Å²) in [6, 6.07) is 0. The summed E-state index contributed by atoms with van der Waals surface area (Å²) in [6.45, 7) is 5.15. The lowest BCUT2D eigenvalue weighted by molar-refractivity contribution is -0.135. The van der Waals surface area contributed by atoms with E-state index in [9.17, 15) is 9.36 Å². The second-order valence-corrected chi connectivity index (χ2v) is 4.25. The van der Waals surface area contributed by atoms with Gasteiger partial charge in [-0.3, -0.25) is 9.05 Å². The number of rotatable bonds is 7. The summed E-state index contributed by atoms with van der Waals surface area (Å²) < 4.78 is 30.9. The van der Waals surface area contributed by atoms with Gasteiger partial charge in [0.15, 0.2) is 0 Å². The fourth-order valence-electron chi connectivity index (χ4n) is 0.834.